The van der Waals surface area contributed by atoms with Gasteiger partial charge >= 0.3 is 0 Å². The van der Waals surface area contributed by atoms with Crippen LogP contribution in [-0.4, -0.2) is 16.1 Å². The molecular weight excluding hydrogens is 359 g/mol. The largest absolute Gasteiger partial charge is 0.353 e. The monoisotopic (exact) mass is 376 g/mol. The average Bonchev–Trinajstić information content (AvgIpc) is 3.08. The van der Waals surface area contributed by atoms with Crippen LogP contribution in [-0.2, 0) is 4.79 Å². The number of allylic oxidation sites excluding steroid dienone is 1. The van der Waals surface area contributed by atoms with Crippen molar-refractivity contribution in [2.24, 2.45) is 0 Å². The van der Waals surface area contributed by atoms with E-state index in [2.05, 4.69) is 20.9 Å². The zero-order valence-corrected chi connectivity index (χ0v) is 14.9. The van der Waals surface area contributed by atoms with Crippen molar-refractivity contribution in [1.29, 1.82) is 0 Å². The fourth-order valence-corrected chi connectivity index (χ4v) is 3.97. The van der Waals surface area contributed by atoms with Crippen molar-refractivity contribution < 1.29 is 13.8 Å². The van der Waals surface area contributed by atoms with Crippen molar-refractivity contribution in [3.8, 4) is 0 Å². The summed E-state index contributed by atoms with van der Waals surface area (Å²) in [6, 6.07) is 15.7. The topological polar surface area (TPSA) is 80.1 Å². The number of Topliss-reactive ketones (excluding diaryl/α,β-unsaturated/α-hetero) is 1. The lowest BCUT2D eigenvalue weighted by molar-refractivity contribution is -0.116. The molecule has 0 spiro atoms. The maximum atomic E-state index is 13.4. The van der Waals surface area contributed by atoms with Crippen molar-refractivity contribution in [3.63, 3.8) is 0 Å². The molecule has 0 amide bonds. The molecule has 140 valence electrons. The van der Waals surface area contributed by atoms with Gasteiger partial charge in [-0.1, -0.05) is 42.5 Å². The second kappa shape index (κ2) is 6.60. The van der Waals surface area contributed by atoms with Crippen LogP contribution in [0, 0.1) is 5.82 Å². The minimum absolute atomic E-state index is 0.0477. The Kier molecular flexibility index (Phi) is 3.93. The SMILES string of the molecule is O=C1CC(c2ccccc2)CC2=C1C(c1ccc(F)cc1)Nc1nonc1N2. The first kappa shape index (κ1) is 16.7. The molecule has 7 heteroatoms. The Morgan fingerprint density at radius 1 is 0.929 bits per heavy atom. The number of hydrogen-bond acceptors (Lipinski definition) is 6. The van der Waals surface area contributed by atoms with Gasteiger partial charge in [-0.05, 0) is 45.9 Å². The second-order valence-electron chi connectivity index (χ2n) is 7.05. The Labute approximate surface area is 160 Å². The molecule has 3 aromatic rings. The molecule has 2 aromatic carbocycles. The summed E-state index contributed by atoms with van der Waals surface area (Å²) in [6.45, 7) is 0. The molecule has 6 nitrogen and oxygen atoms in total. The molecule has 0 bridgehead atoms. The third-order valence-corrected chi connectivity index (χ3v) is 5.31. The molecule has 5 rings (SSSR count). The van der Waals surface area contributed by atoms with Gasteiger partial charge < -0.3 is 10.6 Å². The van der Waals surface area contributed by atoms with Gasteiger partial charge in [0, 0.05) is 17.7 Å². The van der Waals surface area contributed by atoms with Crippen LogP contribution in [0.15, 0.2) is 70.5 Å². The molecule has 2 unspecified atom stereocenters. The molecule has 2 N–H and O–H groups in total. The van der Waals surface area contributed by atoms with E-state index in [4.69, 9.17) is 4.63 Å². The van der Waals surface area contributed by atoms with Gasteiger partial charge in [-0.25, -0.2) is 9.02 Å². The number of hydrogen-bond donors (Lipinski definition) is 2. The fraction of sp³-hybridized carbons (Fsp3) is 0.190. The highest BCUT2D eigenvalue weighted by atomic mass is 19.1. The third-order valence-electron chi connectivity index (χ3n) is 5.31. The van der Waals surface area contributed by atoms with Crippen LogP contribution in [0.3, 0.4) is 0 Å². The number of benzene rings is 2. The molecule has 0 radical (unpaired) electrons. The highest BCUT2D eigenvalue weighted by Gasteiger charge is 2.37. The van der Waals surface area contributed by atoms with Gasteiger partial charge in [0.1, 0.15) is 5.82 Å². The highest BCUT2D eigenvalue weighted by Crippen LogP contribution is 2.43. The Hall–Kier alpha value is -3.48. The molecule has 1 aliphatic heterocycles. The second-order valence-corrected chi connectivity index (χ2v) is 7.05. The van der Waals surface area contributed by atoms with Crippen LogP contribution >= 0.6 is 0 Å². The lowest BCUT2D eigenvalue weighted by atomic mass is 9.78. The smallest absolute Gasteiger partial charge is 0.219 e. The van der Waals surface area contributed by atoms with E-state index in [0.717, 1.165) is 16.8 Å². The predicted molar refractivity (Wildman–Crippen MR) is 101 cm³/mol. The van der Waals surface area contributed by atoms with Gasteiger partial charge in [-0.15, -0.1) is 0 Å². The van der Waals surface area contributed by atoms with E-state index in [-0.39, 0.29) is 17.5 Å². The number of carbonyl (C=O) groups excluding carboxylic acids is 1. The minimum atomic E-state index is -0.458. The zero-order valence-electron chi connectivity index (χ0n) is 14.9. The van der Waals surface area contributed by atoms with E-state index < -0.39 is 6.04 Å². The quantitative estimate of drug-likeness (QED) is 0.698. The molecule has 0 fully saturated rings. The van der Waals surface area contributed by atoms with Crippen molar-refractivity contribution in [2.45, 2.75) is 24.8 Å². The Balaban J connectivity index is 1.60. The third kappa shape index (κ3) is 2.85. The van der Waals surface area contributed by atoms with Crippen LogP contribution in [0.5, 0.6) is 0 Å². The van der Waals surface area contributed by atoms with Gasteiger partial charge in [0.05, 0.1) is 6.04 Å². The summed E-state index contributed by atoms with van der Waals surface area (Å²) in [5.74, 6) is 0.667. The number of halogens is 1. The number of ketones is 1. The first-order chi connectivity index (χ1) is 13.7. The van der Waals surface area contributed by atoms with Gasteiger partial charge in [-0.3, -0.25) is 4.79 Å². The van der Waals surface area contributed by atoms with Crippen LogP contribution in [0.1, 0.15) is 35.9 Å². The number of carbonyl (C=O) groups is 1. The molecule has 2 atom stereocenters. The summed E-state index contributed by atoms with van der Waals surface area (Å²) in [7, 11) is 0. The molecule has 0 saturated heterocycles. The molecule has 28 heavy (non-hydrogen) atoms. The van der Waals surface area contributed by atoms with E-state index in [1.54, 1.807) is 12.1 Å². The summed E-state index contributed by atoms with van der Waals surface area (Å²) in [5, 5.41) is 14.3. The lowest BCUT2D eigenvalue weighted by Gasteiger charge is -2.29. The van der Waals surface area contributed by atoms with Crippen molar-refractivity contribution in [2.75, 3.05) is 10.6 Å². The molecule has 2 heterocycles. The number of rotatable bonds is 2. The maximum absolute atomic E-state index is 13.4. The van der Waals surface area contributed by atoms with E-state index >= 15 is 0 Å². The zero-order chi connectivity index (χ0) is 19.1. The molecule has 1 aromatic heterocycles. The van der Waals surface area contributed by atoms with Crippen molar-refractivity contribution in [3.05, 3.63) is 82.8 Å². The molecular formula is C21H17FN4O2. The summed E-state index contributed by atoms with van der Waals surface area (Å²) in [5.41, 5.74) is 3.33. The summed E-state index contributed by atoms with van der Waals surface area (Å²) >= 11 is 0. The molecule has 2 aliphatic rings. The highest BCUT2D eigenvalue weighted by molar-refractivity contribution is 6.00. The number of nitrogens with one attached hydrogen (secondary N) is 2. The first-order valence-electron chi connectivity index (χ1n) is 9.12. The first-order valence-corrected chi connectivity index (χ1v) is 9.12. The van der Waals surface area contributed by atoms with Crippen LogP contribution in [0.25, 0.3) is 0 Å². The number of fused-ring (bicyclic) bond motifs is 1. The summed E-state index contributed by atoms with van der Waals surface area (Å²) < 4.78 is 18.3. The Morgan fingerprint density at radius 3 is 2.46 bits per heavy atom. The fourth-order valence-electron chi connectivity index (χ4n) is 3.97. The number of nitrogens with zero attached hydrogens (tertiary/aromatic N) is 2. The number of aromatic nitrogens is 2. The van der Waals surface area contributed by atoms with Crippen LogP contribution < -0.4 is 10.6 Å². The number of anilines is 2. The Bertz CT molecular complexity index is 1060. The van der Waals surface area contributed by atoms with Crippen molar-refractivity contribution in [1.82, 2.24) is 10.3 Å². The lowest BCUT2D eigenvalue weighted by Crippen LogP contribution is -2.27. The average molecular weight is 376 g/mol. The van der Waals surface area contributed by atoms with E-state index in [1.807, 2.05) is 30.3 Å². The summed E-state index contributed by atoms with van der Waals surface area (Å²) in [6.07, 6.45) is 1.08. The summed E-state index contributed by atoms with van der Waals surface area (Å²) in [4.78, 5) is 13.2. The van der Waals surface area contributed by atoms with E-state index in [9.17, 15) is 9.18 Å². The van der Waals surface area contributed by atoms with Gasteiger partial charge in [0.15, 0.2) is 5.78 Å². The van der Waals surface area contributed by atoms with Gasteiger partial charge in [0.25, 0.3) is 0 Å². The van der Waals surface area contributed by atoms with Crippen LogP contribution in [0.2, 0.25) is 0 Å². The Morgan fingerprint density at radius 2 is 1.68 bits per heavy atom. The van der Waals surface area contributed by atoms with Gasteiger partial charge in [0.2, 0.25) is 11.6 Å². The predicted octanol–water partition coefficient (Wildman–Crippen LogP) is 4.19. The maximum Gasteiger partial charge on any atom is 0.219 e. The van der Waals surface area contributed by atoms with Crippen LogP contribution in [0.4, 0.5) is 16.0 Å². The minimum Gasteiger partial charge on any atom is -0.353 e. The van der Waals surface area contributed by atoms with E-state index in [0.29, 0.717) is 30.1 Å². The molecule has 1 aliphatic carbocycles. The van der Waals surface area contributed by atoms with Gasteiger partial charge in [-0.2, -0.15) is 0 Å². The normalized spacial score (nSPS) is 21.2. The standard InChI is InChI=1S/C21H17FN4O2/c22-15-8-6-13(7-9-15)19-18-16(23-20-21(24-19)26-28-25-20)10-14(11-17(18)27)12-4-2-1-3-5-12/h1-9,14,19H,10-11H2,(H,23,25)(H,24,26). The molecule has 0 saturated carbocycles. The van der Waals surface area contributed by atoms with E-state index in [1.165, 1.54) is 12.1 Å². The van der Waals surface area contributed by atoms with Crippen molar-refractivity contribution >= 4 is 17.4 Å².